The first-order valence-corrected chi connectivity index (χ1v) is 10.2. The third-order valence-corrected chi connectivity index (χ3v) is 5.76. The first kappa shape index (κ1) is 19.6. The zero-order valence-corrected chi connectivity index (χ0v) is 17.9. The van der Waals surface area contributed by atoms with Gasteiger partial charge in [0.25, 0.3) is 11.8 Å². The van der Waals surface area contributed by atoms with Gasteiger partial charge in [0.2, 0.25) is 5.66 Å². The molecule has 2 aliphatic heterocycles. The van der Waals surface area contributed by atoms with Crippen molar-refractivity contribution in [3.63, 3.8) is 0 Å². The number of nitrogens with zero attached hydrogens (tertiary/aromatic N) is 2. The maximum atomic E-state index is 13.4. The lowest BCUT2D eigenvalue weighted by atomic mass is 9.98. The molecule has 0 spiro atoms. The van der Waals surface area contributed by atoms with Gasteiger partial charge in [-0.3, -0.25) is 14.5 Å². The average Bonchev–Trinajstić information content (AvgIpc) is 2.98. The summed E-state index contributed by atoms with van der Waals surface area (Å²) < 4.78 is 0.861. The van der Waals surface area contributed by atoms with Crippen LogP contribution in [0.2, 0.25) is 5.02 Å². The van der Waals surface area contributed by atoms with Gasteiger partial charge in [0.05, 0.1) is 0 Å². The van der Waals surface area contributed by atoms with Crippen LogP contribution in [0.4, 0.5) is 0 Å². The van der Waals surface area contributed by atoms with Crippen molar-refractivity contribution in [3.8, 4) is 0 Å². The second-order valence-corrected chi connectivity index (χ2v) is 8.21. The smallest absolute Gasteiger partial charge is 0.281 e. The molecule has 7 heteroatoms. The van der Waals surface area contributed by atoms with Crippen molar-refractivity contribution in [1.82, 2.24) is 10.2 Å². The van der Waals surface area contributed by atoms with Crippen LogP contribution in [0.5, 0.6) is 0 Å². The van der Waals surface area contributed by atoms with E-state index >= 15 is 0 Å². The third-order valence-electron chi connectivity index (χ3n) is 4.86. The van der Waals surface area contributed by atoms with E-state index in [9.17, 15) is 9.59 Å². The summed E-state index contributed by atoms with van der Waals surface area (Å²) in [6.07, 6.45) is 5.47. The summed E-state index contributed by atoms with van der Waals surface area (Å²) in [6.45, 7) is 1.88. The van der Waals surface area contributed by atoms with Gasteiger partial charge in [0.1, 0.15) is 5.84 Å². The molecular formula is C22H17BrClN3O2. The van der Waals surface area contributed by atoms with Crippen LogP contribution in [0.25, 0.3) is 0 Å². The van der Waals surface area contributed by atoms with E-state index in [1.807, 2.05) is 31.2 Å². The molecule has 2 aromatic carbocycles. The largest absolute Gasteiger partial charge is 0.320 e. The molecule has 0 bridgehead atoms. The maximum absolute atomic E-state index is 13.4. The molecule has 2 aliphatic rings. The summed E-state index contributed by atoms with van der Waals surface area (Å²) in [7, 11) is 0. The molecule has 5 nitrogen and oxygen atoms in total. The van der Waals surface area contributed by atoms with Crippen molar-refractivity contribution in [2.75, 3.05) is 0 Å². The number of carbonyl (C=O) groups excluding carboxylic acids is 2. The Hall–Kier alpha value is -2.70. The van der Waals surface area contributed by atoms with Gasteiger partial charge in [0, 0.05) is 27.7 Å². The highest BCUT2D eigenvalue weighted by Gasteiger charge is 2.50. The number of fused-ring (bicyclic) bond motifs is 1. The summed E-state index contributed by atoms with van der Waals surface area (Å²) in [5, 5.41) is 3.40. The predicted octanol–water partition coefficient (Wildman–Crippen LogP) is 4.49. The lowest BCUT2D eigenvalue weighted by Crippen LogP contribution is -2.55. The van der Waals surface area contributed by atoms with E-state index in [-0.39, 0.29) is 18.2 Å². The Balaban J connectivity index is 1.76. The lowest BCUT2D eigenvalue weighted by Gasteiger charge is -2.27. The van der Waals surface area contributed by atoms with Crippen LogP contribution in [0, 0.1) is 0 Å². The van der Waals surface area contributed by atoms with Gasteiger partial charge in [-0.25, -0.2) is 4.99 Å². The number of hydrogen-bond donors (Lipinski definition) is 1. The normalized spacial score (nSPS) is 20.2. The van der Waals surface area contributed by atoms with Crippen molar-refractivity contribution in [2.45, 2.75) is 19.0 Å². The molecule has 4 rings (SSSR count). The monoisotopic (exact) mass is 469 g/mol. The molecule has 1 atom stereocenters. The SMILES string of the molecule is CC1=CC=CN2C(=O)C(Cc3ccccc3Cl)(NC(=O)c3ccc(Br)cc3)N=C12. The number of hydrogen-bond acceptors (Lipinski definition) is 3. The van der Waals surface area contributed by atoms with E-state index in [2.05, 4.69) is 21.2 Å². The highest BCUT2D eigenvalue weighted by Crippen LogP contribution is 2.31. The standard InChI is InChI=1S/C22H17BrClN3O2/c1-14-5-4-12-27-19(14)25-22(21(27)29,13-16-6-2-3-7-18(16)24)26-20(28)15-8-10-17(23)11-9-15/h2-12H,13H2,1H3,(H,26,28). The summed E-state index contributed by atoms with van der Waals surface area (Å²) in [5.74, 6) is -0.171. The first-order chi connectivity index (χ1) is 13.9. The average molecular weight is 471 g/mol. The number of aliphatic imine (C=N–C) groups is 1. The second kappa shape index (κ2) is 7.61. The minimum absolute atomic E-state index is 0.148. The van der Waals surface area contributed by atoms with Crippen LogP contribution in [0.3, 0.4) is 0 Å². The van der Waals surface area contributed by atoms with E-state index in [0.29, 0.717) is 16.4 Å². The molecule has 0 aliphatic carbocycles. The van der Waals surface area contributed by atoms with Crippen molar-refractivity contribution < 1.29 is 9.59 Å². The van der Waals surface area contributed by atoms with Gasteiger partial charge in [-0.15, -0.1) is 0 Å². The van der Waals surface area contributed by atoms with E-state index in [1.165, 1.54) is 4.90 Å². The Kier molecular flexibility index (Phi) is 5.15. The molecule has 2 heterocycles. The molecule has 1 N–H and O–H groups in total. The minimum atomic E-state index is -1.48. The van der Waals surface area contributed by atoms with Crippen molar-refractivity contribution in [3.05, 3.63) is 93.1 Å². The Bertz CT molecular complexity index is 1090. The molecule has 0 saturated carbocycles. The molecule has 0 fully saturated rings. The fourth-order valence-electron chi connectivity index (χ4n) is 3.36. The van der Waals surface area contributed by atoms with Crippen LogP contribution in [0.1, 0.15) is 22.8 Å². The van der Waals surface area contributed by atoms with Crippen molar-refractivity contribution >= 4 is 45.2 Å². The van der Waals surface area contributed by atoms with Crippen LogP contribution < -0.4 is 5.32 Å². The molecule has 2 aromatic rings. The van der Waals surface area contributed by atoms with Gasteiger partial charge in [-0.2, -0.15) is 0 Å². The molecule has 1 unspecified atom stereocenters. The Morgan fingerprint density at radius 2 is 1.93 bits per heavy atom. The van der Waals surface area contributed by atoms with Crippen molar-refractivity contribution in [2.24, 2.45) is 4.99 Å². The molecule has 2 amide bonds. The van der Waals surface area contributed by atoms with Crippen molar-refractivity contribution in [1.29, 1.82) is 0 Å². The number of halogens is 2. The zero-order valence-electron chi connectivity index (χ0n) is 15.5. The fraction of sp³-hybridized carbons (Fsp3) is 0.136. The topological polar surface area (TPSA) is 61.8 Å². The highest BCUT2D eigenvalue weighted by atomic mass is 79.9. The summed E-state index contributed by atoms with van der Waals surface area (Å²) >= 11 is 9.71. The Morgan fingerprint density at radius 1 is 1.21 bits per heavy atom. The number of nitrogens with one attached hydrogen (secondary N) is 1. The summed E-state index contributed by atoms with van der Waals surface area (Å²) in [6, 6.07) is 14.2. The van der Waals surface area contributed by atoms with Gasteiger partial charge < -0.3 is 5.32 Å². The Labute approximate surface area is 181 Å². The van der Waals surface area contributed by atoms with Gasteiger partial charge in [0.15, 0.2) is 0 Å². The van der Waals surface area contributed by atoms with E-state index in [1.54, 1.807) is 42.6 Å². The third kappa shape index (κ3) is 3.66. The van der Waals surface area contributed by atoms with Crippen LogP contribution in [-0.2, 0) is 11.2 Å². The van der Waals surface area contributed by atoms with E-state index < -0.39 is 5.66 Å². The lowest BCUT2D eigenvalue weighted by molar-refractivity contribution is -0.130. The van der Waals surface area contributed by atoms with Gasteiger partial charge in [-0.05, 0) is 54.5 Å². The number of carbonyl (C=O) groups is 2. The number of amidine groups is 1. The first-order valence-electron chi connectivity index (χ1n) is 9.00. The van der Waals surface area contributed by atoms with Gasteiger partial charge >= 0.3 is 0 Å². The van der Waals surface area contributed by atoms with E-state index in [0.717, 1.165) is 15.6 Å². The summed E-state index contributed by atoms with van der Waals surface area (Å²) in [5.41, 5.74) is 0.537. The molecule has 0 radical (unpaired) electrons. The predicted molar refractivity (Wildman–Crippen MR) is 117 cm³/mol. The second-order valence-electron chi connectivity index (χ2n) is 6.89. The maximum Gasteiger partial charge on any atom is 0.281 e. The van der Waals surface area contributed by atoms with Gasteiger partial charge in [-0.1, -0.05) is 51.8 Å². The van der Waals surface area contributed by atoms with Crippen LogP contribution in [-0.4, -0.2) is 28.2 Å². The minimum Gasteiger partial charge on any atom is -0.320 e. The zero-order chi connectivity index (χ0) is 20.6. The summed E-state index contributed by atoms with van der Waals surface area (Å²) in [4.78, 5) is 32.6. The molecule has 0 saturated heterocycles. The van der Waals surface area contributed by atoms with Crippen LogP contribution >= 0.6 is 27.5 Å². The molecule has 0 aromatic heterocycles. The quantitative estimate of drug-likeness (QED) is 0.716. The number of allylic oxidation sites excluding steroid dienone is 2. The fourth-order valence-corrected chi connectivity index (χ4v) is 3.83. The highest BCUT2D eigenvalue weighted by molar-refractivity contribution is 9.10. The molecular weight excluding hydrogens is 454 g/mol. The molecule has 29 heavy (non-hydrogen) atoms. The number of amides is 2. The van der Waals surface area contributed by atoms with Crippen LogP contribution in [0.15, 0.2) is 81.9 Å². The van der Waals surface area contributed by atoms with E-state index in [4.69, 9.17) is 16.6 Å². The molecule has 146 valence electrons. The number of rotatable bonds is 4. The number of benzene rings is 2. The Morgan fingerprint density at radius 3 is 2.62 bits per heavy atom.